The highest BCUT2D eigenvalue weighted by Gasteiger charge is 2.14. The summed E-state index contributed by atoms with van der Waals surface area (Å²) in [5.74, 6) is 0.915. The molecule has 0 aliphatic rings. The number of carbonyl (C=O) groups excluding carboxylic acids is 1. The molecule has 0 saturated carbocycles. The van der Waals surface area contributed by atoms with Crippen LogP contribution in [-0.4, -0.2) is 13.0 Å². The highest BCUT2D eigenvalue weighted by Crippen LogP contribution is 2.28. The minimum atomic E-state index is -0.271. The number of carbonyl (C=O) groups is 1. The smallest absolute Gasteiger partial charge is 0.255 e. The van der Waals surface area contributed by atoms with Crippen molar-refractivity contribution in [1.29, 1.82) is 0 Å². The van der Waals surface area contributed by atoms with Crippen LogP contribution in [0.25, 0.3) is 22.3 Å². The highest BCUT2D eigenvalue weighted by molar-refractivity contribution is 6.05. The van der Waals surface area contributed by atoms with Crippen LogP contribution in [0.3, 0.4) is 0 Å². The van der Waals surface area contributed by atoms with E-state index in [1.54, 1.807) is 49.6 Å². The Morgan fingerprint density at radius 3 is 2.22 bits per heavy atom. The molecule has 0 bridgehead atoms. The van der Waals surface area contributed by atoms with Crippen LogP contribution >= 0.6 is 0 Å². The van der Waals surface area contributed by atoms with E-state index in [0.717, 1.165) is 5.56 Å². The lowest BCUT2D eigenvalue weighted by Crippen LogP contribution is -2.12. The van der Waals surface area contributed by atoms with Crippen LogP contribution in [0, 0.1) is 0 Å². The molecule has 1 N–H and O–H groups in total. The van der Waals surface area contributed by atoms with E-state index in [1.807, 2.05) is 12.1 Å². The molecule has 4 rings (SSSR count). The predicted molar refractivity (Wildman–Crippen MR) is 128 cm³/mol. The van der Waals surface area contributed by atoms with Crippen LogP contribution < -0.4 is 15.5 Å². The van der Waals surface area contributed by atoms with Crippen LogP contribution in [0.2, 0.25) is 0 Å². The van der Waals surface area contributed by atoms with Gasteiger partial charge in [0.25, 0.3) is 5.91 Å². The first-order valence-electron chi connectivity index (χ1n) is 10.4. The molecule has 0 saturated heterocycles. The zero-order chi connectivity index (χ0) is 22.9. The van der Waals surface area contributed by atoms with Crippen molar-refractivity contribution in [1.82, 2.24) is 0 Å². The summed E-state index contributed by atoms with van der Waals surface area (Å²) < 4.78 is 11.1. The van der Waals surface area contributed by atoms with Gasteiger partial charge in [0, 0.05) is 22.9 Å². The number of ether oxygens (including phenoxy) is 1. The topological polar surface area (TPSA) is 68.5 Å². The Balaban J connectivity index is 1.60. The minimum absolute atomic E-state index is 0.0510. The lowest BCUT2D eigenvalue weighted by Gasteiger charge is -2.19. The lowest BCUT2D eigenvalue weighted by atomic mass is 9.86. The Morgan fingerprint density at radius 1 is 0.906 bits per heavy atom. The van der Waals surface area contributed by atoms with Crippen molar-refractivity contribution >= 4 is 22.6 Å². The zero-order valence-corrected chi connectivity index (χ0v) is 18.6. The summed E-state index contributed by atoms with van der Waals surface area (Å²) >= 11 is 0. The number of amides is 1. The summed E-state index contributed by atoms with van der Waals surface area (Å²) in [6.07, 6.45) is 0. The van der Waals surface area contributed by atoms with Gasteiger partial charge in [0.15, 0.2) is 5.43 Å². The Morgan fingerprint density at radius 2 is 1.59 bits per heavy atom. The van der Waals surface area contributed by atoms with Crippen LogP contribution in [0.4, 0.5) is 5.69 Å². The van der Waals surface area contributed by atoms with Gasteiger partial charge in [-0.15, -0.1) is 0 Å². The maximum Gasteiger partial charge on any atom is 0.255 e. The molecule has 1 aromatic heterocycles. The van der Waals surface area contributed by atoms with Gasteiger partial charge < -0.3 is 14.5 Å². The second kappa shape index (κ2) is 8.35. The average Bonchev–Trinajstić information content (AvgIpc) is 2.79. The minimum Gasteiger partial charge on any atom is -0.497 e. The monoisotopic (exact) mass is 427 g/mol. The molecule has 0 aliphatic heterocycles. The molecule has 0 atom stereocenters. The van der Waals surface area contributed by atoms with Crippen molar-refractivity contribution in [2.24, 2.45) is 0 Å². The van der Waals surface area contributed by atoms with Crippen molar-refractivity contribution in [3.8, 4) is 17.1 Å². The highest BCUT2D eigenvalue weighted by atomic mass is 16.5. The van der Waals surface area contributed by atoms with Crippen molar-refractivity contribution in [3.05, 3.63) is 94.1 Å². The summed E-state index contributed by atoms with van der Waals surface area (Å²) in [7, 11) is 1.57. The van der Waals surface area contributed by atoms with E-state index in [0.29, 0.717) is 33.7 Å². The summed E-state index contributed by atoms with van der Waals surface area (Å²) in [6, 6.07) is 21.4. The van der Waals surface area contributed by atoms with E-state index in [1.165, 1.54) is 11.6 Å². The Labute approximate surface area is 186 Å². The molecule has 1 heterocycles. The predicted octanol–water partition coefficient (Wildman–Crippen LogP) is 6.02. The van der Waals surface area contributed by atoms with Gasteiger partial charge in [-0.1, -0.05) is 45.0 Å². The van der Waals surface area contributed by atoms with Gasteiger partial charge in [-0.2, -0.15) is 0 Å². The maximum atomic E-state index is 12.8. The average molecular weight is 428 g/mol. The third-order valence-electron chi connectivity index (χ3n) is 5.37. The fraction of sp³-hybridized carbons (Fsp3) is 0.185. The van der Waals surface area contributed by atoms with E-state index in [2.05, 4.69) is 38.2 Å². The zero-order valence-electron chi connectivity index (χ0n) is 18.6. The normalized spacial score (nSPS) is 11.4. The van der Waals surface area contributed by atoms with E-state index < -0.39 is 0 Å². The van der Waals surface area contributed by atoms with Gasteiger partial charge in [0.2, 0.25) is 0 Å². The first-order chi connectivity index (χ1) is 15.2. The molecular formula is C27H25NO4. The van der Waals surface area contributed by atoms with Crippen molar-refractivity contribution in [2.75, 3.05) is 12.4 Å². The van der Waals surface area contributed by atoms with E-state index in [9.17, 15) is 9.59 Å². The number of methoxy groups -OCH3 is 1. The van der Waals surface area contributed by atoms with E-state index in [4.69, 9.17) is 9.15 Å². The summed E-state index contributed by atoms with van der Waals surface area (Å²) in [6.45, 7) is 6.47. The number of hydrogen-bond acceptors (Lipinski definition) is 4. The molecule has 0 unspecified atom stereocenters. The van der Waals surface area contributed by atoms with E-state index in [-0.39, 0.29) is 16.8 Å². The van der Waals surface area contributed by atoms with Crippen LogP contribution in [0.5, 0.6) is 5.75 Å². The molecule has 3 aromatic carbocycles. The summed E-state index contributed by atoms with van der Waals surface area (Å²) in [5, 5.41) is 3.23. The van der Waals surface area contributed by atoms with Gasteiger partial charge in [-0.25, -0.2) is 0 Å². The van der Waals surface area contributed by atoms with Crippen LogP contribution in [0.1, 0.15) is 36.7 Å². The van der Waals surface area contributed by atoms with Gasteiger partial charge in [-0.05, 0) is 53.4 Å². The molecule has 0 fully saturated rings. The Hall–Kier alpha value is -3.86. The summed E-state index contributed by atoms with van der Waals surface area (Å²) in [4.78, 5) is 25.3. The van der Waals surface area contributed by atoms with Gasteiger partial charge >= 0.3 is 0 Å². The molecule has 162 valence electrons. The molecule has 0 spiro atoms. The summed E-state index contributed by atoms with van der Waals surface area (Å²) in [5.41, 5.74) is 3.42. The second-order valence-electron chi connectivity index (χ2n) is 8.70. The molecule has 0 aliphatic carbocycles. The fourth-order valence-corrected chi connectivity index (χ4v) is 3.46. The number of anilines is 1. The van der Waals surface area contributed by atoms with Gasteiger partial charge in [-0.3, -0.25) is 9.59 Å². The third kappa shape index (κ3) is 4.42. The quantitative estimate of drug-likeness (QED) is 0.432. The number of hydrogen-bond donors (Lipinski definition) is 1. The van der Waals surface area contributed by atoms with Crippen LogP contribution in [0.15, 0.2) is 82.0 Å². The first kappa shape index (κ1) is 21.4. The molecule has 5 heteroatoms. The SMILES string of the molecule is COc1ccc(C(=O)Nc2ccc3oc(-c4ccc(C(C)(C)C)cc4)cc(=O)c3c2)cc1. The standard InChI is InChI=1S/C27H25NO4/c1-27(2,3)19-9-5-17(6-10-19)25-16-23(29)22-15-20(11-14-24(22)32-25)28-26(30)18-7-12-21(31-4)13-8-18/h5-16H,1-4H3,(H,28,30). The first-order valence-corrected chi connectivity index (χ1v) is 10.4. The molecule has 4 aromatic rings. The second-order valence-corrected chi connectivity index (χ2v) is 8.70. The Bertz CT molecular complexity index is 1330. The van der Waals surface area contributed by atoms with Gasteiger partial charge in [0.1, 0.15) is 17.1 Å². The van der Waals surface area contributed by atoms with Gasteiger partial charge in [0.05, 0.1) is 12.5 Å². The lowest BCUT2D eigenvalue weighted by molar-refractivity contribution is 0.102. The molecule has 1 amide bonds. The molecule has 0 radical (unpaired) electrons. The number of benzene rings is 3. The molecule has 5 nitrogen and oxygen atoms in total. The van der Waals surface area contributed by atoms with E-state index >= 15 is 0 Å². The largest absolute Gasteiger partial charge is 0.497 e. The number of fused-ring (bicyclic) bond motifs is 1. The van der Waals surface area contributed by atoms with Crippen LogP contribution in [-0.2, 0) is 5.41 Å². The number of nitrogens with one attached hydrogen (secondary N) is 1. The fourth-order valence-electron chi connectivity index (χ4n) is 3.46. The van der Waals surface area contributed by atoms with Crippen molar-refractivity contribution in [2.45, 2.75) is 26.2 Å². The molecular weight excluding hydrogens is 402 g/mol. The molecule has 32 heavy (non-hydrogen) atoms. The Kier molecular flexibility index (Phi) is 5.57. The van der Waals surface area contributed by atoms with Crippen molar-refractivity contribution < 1.29 is 13.9 Å². The van der Waals surface area contributed by atoms with Crippen molar-refractivity contribution in [3.63, 3.8) is 0 Å². The number of rotatable bonds is 4. The third-order valence-corrected chi connectivity index (χ3v) is 5.37. The maximum absolute atomic E-state index is 12.8.